The normalized spacial score (nSPS) is 10.8. The highest BCUT2D eigenvalue weighted by Gasteiger charge is 2.47. The number of ketones is 1. The number of benzene rings is 1. The van der Waals surface area contributed by atoms with E-state index in [0.29, 0.717) is 5.02 Å². The van der Waals surface area contributed by atoms with E-state index in [9.17, 15) is 19.2 Å². The van der Waals surface area contributed by atoms with Gasteiger partial charge in [0.2, 0.25) is 11.4 Å². The summed E-state index contributed by atoms with van der Waals surface area (Å²) in [5.41, 5.74) is -2.26. The minimum absolute atomic E-state index is 0.275. The van der Waals surface area contributed by atoms with E-state index in [4.69, 9.17) is 21.8 Å². The average molecular weight is 328 g/mol. The van der Waals surface area contributed by atoms with Gasteiger partial charge < -0.3 is 15.5 Å². The molecular weight excluding hydrogens is 314 g/mol. The van der Waals surface area contributed by atoms with Crippen LogP contribution >= 0.6 is 11.6 Å². The van der Waals surface area contributed by atoms with Gasteiger partial charge in [-0.05, 0) is 30.7 Å². The largest absolute Gasteiger partial charge is 0.479 e. The molecule has 0 aromatic heterocycles. The molecule has 0 spiro atoms. The molecule has 7 nitrogen and oxygen atoms in total. The highest BCUT2D eigenvalue weighted by Crippen LogP contribution is 2.18. The predicted octanol–water partition coefficient (Wildman–Crippen LogP) is 1.35. The summed E-state index contributed by atoms with van der Waals surface area (Å²) in [6.07, 6.45) is -0.931. The first-order chi connectivity index (χ1) is 10.2. The van der Waals surface area contributed by atoms with E-state index in [1.165, 1.54) is 24.3 Å². The molecule has 0 heterocycles. The molecule has 0 unspecified atom stereocenters. The fourth-order valence-corrected chi connectivity index (χ4v) is 1.98. The Balaban J connectivity index is 2.93. The van der Waals surface area contributed by atoms with Crippen LogP contribution < -0.4 is 5.32 Å². The third kappa shape index (κ3) is 4.05. The van der Waals surface area contributed by atoms with E-state index < -0.39 is 35.6 Å². The first-order valence-electron chi connectivity index (χ1n) is 6.23. The van der Waals surface area contributed by atoms with E-state index in [2.05, 4.69) is 0 Å². The molecule has 0 aliphatic carbocycles. The first-order valence-corrected chi connectivity index (χ1v) is 6.61. The van der Waals surface area contributed by atoms with Gasteiger partial charge in [0.25, 0.3) is 0 Å². The predicted molar refractivity (Wildman–Crippen MR) is 76.8 cm³/mol. The van der Waals surface area contributed by atoms with Crippen molar-refractivity contribution in [1.29, 1.82) is 0 Å². The van der Waals surface area contributed by atoms with Crippen LogP contribution in [0.3, 0.4) is 0 Å². The van der Waals surface area contributed by atoms with Crippen molar-refractivity contribution in [3.05, 3.63) is 34.9 Å². The number of carboxylic acid groups (broad SMARTS) is 2. The standard InChI is InChI=1S/C14H14ClNO6/c1-8(17)16-14(12(19)20,13(21)22)7-6-11(18)9-2-4-10(15)5-3-9/h2-5H,6-7H2,1H3,(H,16,17)(H,19,20)(H,21,22). The zero-order valence-corrected chi connectivity index (χ0v) is 12.4. The maximum absolute atomic E-state index is 12.0. The number of hydrogen-bond donors (Lipinski definition) is 3. The molecule has 3 N–H and O–H groups in total. The number of aliphatic carboxylic acids is 2. The summed E-state index contributed by atoms with van der Waals surface area (Å²) >= 11 is 5.69. The molecule has 22 heavy (non-hydrogen) atoms. The number of carbonyl (C=O) groups excluding carboxylic acids is 2. The molecule has 0 bridgehead atoms. The number of nitrogens with one attached hydrogen (secondary N) is 1. The molecule has 1 aromatic rings. The summed E-state index contributed by atoms with van der Waals surface area (Å²) in [6, 6.07) is 5.88. The van der Waals surface area contributed by atoms with Crippen LogP contribution in [0.15, 0.2) is 24.3 Å². The van der Waals surface area contributed by atoms with Gasteiger partial charge in [-0.1, -0.05) is 11.6 Å². The van der Waals surface area contributed by atoms with Crippen LogP contribution in [0.1, 0.15) is 30.1 Å². The second kappa shape index (κ2) is 7.04. The number of carboxylic acids is 2. The minimum atomic E-state index is -2.53. The van der Waals surface area contributed by atoms with Crippen LogP contribution in [-0.2, 0) is 14.4 Å². The van der Waals surface area contributed by atoms with Crippen molar-refractivity contribution < 1.29 is 29.4 Å². The second-order valence-corrected chi connectivity index (χ2v) is 5.06. The van der Waals surface area contributed by atoms with Crippen molar-refractivity contribution in [3.8, 4) is 0 Å². The monoisotopic (exact) mass is 327 g/mol. The van der Waals surface area contributed by atoms with Gasteiger partial charge in [0.1, 0.15) is 0 Å². The summed E-state index contributed by atoms with van der Waals surface area (Å²) in [5, 5.41) is 20.6. The molecule has 0 radical (unpaired) electrons. The lowest BCUT2D eigenvalue weighted by Gasteiger charge is -2.25. The van der Waals surface area contributed by atoms with E-state index >= 15 is 0 Å². The van der Waals surface area contributed by atoms with Crippen LogP contribution in [-0.4, -0.2) is 39.4 Å². The van der Waals surface area contributed by atoms with E-state index in [1.807, 2.05) is 5.32 Å². The molecule has 1 amide bonds. The van der Waals surface area contributed by atoms with Crippen LogP contribution in [0.2, 0.25) is 5.02 Å². The number of halogens is 1. The van der Waals surface area contributed by atoms with E-state index in [1.54, 1.807) is 0 Å². The molecule has 0 saturated heterocycles. The topological polar surface area (TPSA) is 121 Å². The van der Waals surface area contributed by atoms with Gasteiger partial charge in [0, 0.05) is 23.9 Å². The number of amides is 1. The smallest absolute Gasteiger partial charge is 0.341 e. The summed E-state index contributed by atoms with van der Waals surface area (Å²) < 4.78 is 0. The first kappa shape index (κ1) is 17.6. The van der Waals surface area contributed by atoms with Crippen molar-refractivity contribution in [3.63, 3.8) is 0 Å². The van der Waals surface area contributed by atoms with Crippen molar-refractivity contribution in [2.75, 3.05) is 0 Å². The summed E-state index contributed by atoms with van der Waals surface area (Å²) in [6.45, 7) is 1.00. The van der Waals surface area contributed by atoms with Crippen LogP contribution in [0.25, 0.3) is 0 Å². The zero-order valence-electron chi connectivity index (χ0n) is 11.6. The lowest BCUT2D eigenvalue weighted by molar-refractivity contribution is -0.161. The lowest BCUT2D eigenvalue weighted by atomic mass is 9.90. The summed E-state index contributed by atoms with van der Waals surface area (Å²) in [4.78, 5) is 45.6. The van der Waals surface area contributed by atoms with Crippen LogP contribution in [0, 0.1) is 0 Å². The Morgan fingerprint density at radius 2 is 1.59 bits per heavy atom. The maximum Gasteiger partial charge on any atom is 0.341 e. The molecule has 118 valence electrons. The Bertz CT molecular complexity index is 596. The Kier molecular flexibility index (Phi) is 5.64. The summed E-state index contributed by atoms with van der Waals surface area (Å²) in [5.74, 6) is -4.74. The van der Waals surface area contributed by atoms with E-state index in [0.717, 1.165) is 6.92 Å². The third-order valence-electron chi connectivity index (χ3n) is 3.01. The molecule has 0 aliphatic rings. The van der Waals surface area contributed by atoms with Crippen LogP contribution in [0.4, 0.5) is 0 Å². The molecule has 0 fully saturated rings. The Hall–Kier alpha value is -2.41. The fraction of sp³-hybridized carbons (Fsp3) is 0.286. The highest BCUT2D eigenvalue weighted by atomic mass is 35.5. The molecular formula is C14H14ClNO6. The number of rotatable bonds is 7. The van der Waals surface area contributed by atoms with Gasteiger partial charge in [0.15, 0.2) is 5.78 Å². The maximum atomic E-state index is 12.0. The Morgan fingerprint density at radius 3 is 2.00 bits per heavy atom. The van der Waals surface area contributed by atoms with Crippen LogP contribution in [0.5, 0.6) is 0 Å². The van der Waals surface area contributed by atoms with Gasteiger partial charge in [-0.15, -0.1) is 0 Å². The van der Waals surface area contributed by atoms with Gasteiger partial charge in [0.05, 0.1) is 0 Å². The van der Waals surface area contributed by atoms with E-state index in [-0.39, 0.29) is 12.0 Å². The van der Waals surface area contributed by atoms with Crippen molar-refractivity contribution in [1.82, 2.24) is 5.32 Å². The fourth-order valence-electron chi connectivity index (χ4n) is 1.86. The molecule has 1 aromatic carbocycles. The van der Waals surface area contributed by atoms with Crippen molar-refractivity contribution >= 4 is 35.2 Å². The Labute approximate surface area is 130 Å². The number of carbonyl (C=O) groups is 4. The molecule has 0 saturated carbocycles. The zero-order chi connectivity index (χ0) is 16.9. The number of Topliss-reactive ketones (excluding diaryl/α,β-unsaturated/α-hetero) is 1. The quantitative estimate of drug-likeness (QED) is 0.513. The lowest BCUT2D eigenvalue weighted by Crippen LogP contribution is -2.59. The van der Waals surface area contributed by atoms with Gasteiger partial charge in [-0.25, -0.2) is 9.59 Å². The number of hydrogen-bond acceptors (Lipinski definition) is 4. The minimum Gasteiger partial charge on any atom is -0.479 e. The molecule has 0 aliphatic heterocycles. The van der Waals surface area contributed by atoms with Crippen molar-refractivity contribution in [2.45, 2.75) is 25.3 Å². The molecule has 0 atom stereocenters. The Morgan fingerprint density at radius 1 is 1.09 bits per heavy atom. The molecule has 1 rings (SSSR count). The van der Waals surface area contributed by atoms with Crippen molar-refractivity contribution in [2.24, 2.45) is 0 Å². The average Bonchev–Trinajstić information content (AvgIpc) is 2.42. The molecule has 8 heteroatoms. The SMILES string of the molecule is CC(=O)NC(CCC(=O)c1ccc(Cl)cc1)(C(=O)O)C(=O)O. The van der Waals surface area contributed by atoms with Gasteiger partial charge in [-0.3, -0.25) is 9.59 Å². The summed E-state index contributed by atoms with van der Waals surface area (Å²) in [7, 11) is 0. The van der Waals surface area contributed by atoms with Gasteiger partial charge in [-0.2, -0.15) is 0 Å². The van der Waals surface area contributed by atoms with Gasteiger partial charge >= 0.3 is 11.9 Å². The second-order valence-electron chi connectivity index (χ2n) is 4.63. The third-order valence-corrected chi connectivity index (χ3v) is 3.26. The highest BCUT2D eigenvalue weighted by molar-refractivity contribution is 6.30.